The molecule has 0 bridgehead atoms. The standard InChI is InChI=1S/C39H46O5SSi/c1-39(2,3)46(29-17-8-6-9-18-29,30-19-10-7-11-20-30)44-35(37-26-28-16-14-15-22-36(28)45-37)25-24-32-31(33(40)27-34(32)41)21-12-4-5-13-23-38(42)43/h4,6-12,14-20,22,26,31-32,34-35,41H,5,13,21,23-25,27H2,1-3H3,(H,42,43)/t31-,32-,34-,35?/m1/s1. The third-order valence-electron chi connectivity index (χ3n) is 9.41. The number of unbranched alkanes of at least 4 members (excludes halogenated alkanes) is 1. The van der Waals surface area contributed by atoms with E-state index in [2.05, 4.69) is 112 Å². The van der Waals surface area contributed by atoms with E-state index < -0.39 is 20.4 Å². The SMILES string of the molecule is CC(C)(C)[Si](OC(CC[C@H]1[C@H](O)CC(=O)[C@@H]1CC=CCCCC(=O)O)c1cc2ccccc2s1)(c1ccccc1)c1ccccc1. The third kappa shape index (κ3) is 7.60. The summed E-state index contributed by atoms with van der Waals surface area (Å²) in [6.07, 6.45) is 6.57. The van der Waals surface area contributed by atoms with Crippen molar-refractivity contribution in [2.24, 2.45) is 11.8 Å². The number of carbonyl (C=O) groups excluding carboxylic acids is 1. The van der Waals surface area contributed by atoms with Crippen LogP contribution in [0.3, 0.4) is 0 Å². The number of Topliss-reactive ketones (excluding diaryl/α,β-unsaturated/α-hetero) is 1. The van der Waals surface area contributed by atoms with Crippen molar-refractivity contribution in [1.82, 2.24) is 0 Å². The molecule has 1 aliphatic rings. The molecule has 1 unspecified atom stereocenters. The first-order valence-corrected chi connectivity index (χ1v) is 19.2. The fourth-order valence-corrected chi connectivity index (χ4v) is 13.0. The van der Waals surface area contributed by atoms with Crippen molar-refractivity contribution in [2.75, 3.05) is 0 Å². The van der Waals surface area contributed by atoms with Crippen molar-refractivity contribution < 1.29 is 24.2 Å². The molecule has 0 saturated heterocycles. The molecule has 2 N–H and O–H groups in total. The van der Waals surface area contributed by atoms with E-state index in [0.717, 1.165) is 0 Å². The van der Waals surface area contributed by atoms with Crippen LogP contribution in [0.1, 0.15) is 76.7 Å². The van der Waals surface area contributed by atoms with Crippen molar-refractivity contribution in [3.05, 3.63) is 108 Å². The first-order chi connectivity index (χ1) is 22.1. The van der Waals surface area contributed by atoms with Gasteiger partial charge in [-0.25, -0.2) is 0 Å². The highest BCUT2D eigenvalue weighted by Crippen LogP contribution is 2.45. The molecule has 5 rings (SSSR count). The van der Waals surface area contributed by atoms with Gasteiger partial charge in [0.05, 0.1) is 12.2 Å². The number of allylic oxidation sites excluding steroid dienone is 2. The van der Waals surface area contributed by atoms with Crippen molar-refractivity contribution in [2.45, 2.75) is 83.0 Å². The van der Waals surface area contributed by atoms with Gasteiger partial charge in [-0.1, -0.05) is 112 Å². The Bertz CT molecular complexity index is 1550. The normalized spacial score (nSPS) is 19.7. The van der Waals surface area contributed by atoms with Crippen LogP contribution in [0.15, 0.2) is 103 Å². The zero-order valence-electron chi connectivity index (χ0n) is 27.1. The number of benzene rings is 3. The summed E-state index contributed by atoms with van der Waals surface area (Å²) in [4.78, 5) is 25.1. The number of hydrogen-bond donors (Lipinski definition) is 2. The van der Waals surface area contributed by atoms with Gasteiger partial charge < -0.3 is 14.6 Å². The van der Waals surface area contributed by atoms with Crippen molar-refractivity contribution >= 4 is 51.9 Å². The van der Waals surface area contributed by atoms with Gasteiger partial charge in [-0.2, -0.15) is 0 Å². The molecule has 0 radical (unpaired) electrons. The van der Waals surface area contributed by atoms with Crippen molar-refractivity contribution in [3.63, 3.8) is 0 Å². The monoisotopic (exact) mass is 654 g/mol. The molecule has 1 heterocycles. The molecule has 3 aromatic carbocycles. The predicted molar refractivity (Wildman–Crippen MR) is 190 cm³/mol. The highest BCUT2D eigenvalue weighted by atomic mass is 32.1. The van der Waals surface area contributed by atoms with Gasteiger partial charge in [0.2, 0.25) is 0 Å². The van der Waals surface area contributed by atoms with Gasteiger partial charge in [0, 0.05) is 28.3 Å². The van der Waals surface area contributed by atoms with Crippen LogP contribution in [0.25, 0.3) is 10.1 Å². The maximum absolute atomic E-state index is 13.1. The number of carbonyl (C=O) groups is 2. The number of aliphatic hydroxyl groups excluding tert-OH is 1. The van der Waals surface area contributed by atoms with Gasteiger partial charge in [0.15, 0.2) is 0 Å². The molecule has 4 atom stereocenters. The first kappa shape index (κ1) is 34.0. The first-order valence-electron chi connectivity index (χ1n) is 16.4. The van der Waals surface area contributed by atoms with Crippen LogP contribution in [0.5, 0.6) is 0 Å². The number of aliphatic carboxylic acids is 1. The van der Waals surface area contributed by atoms with E-state index in [4.69, 9.17) is 9.53 Å². The number of rotatable bonds is 14. The molecule has 0 spiro atoms. The van der Waals surface area contributed by atoms with Crippen molar-refractivity contribution in [3.8, 4) is 0 Å². The van der Waals surface area contributed by atoms with E-state index >= 15 is 0 Å². The van der Waals surface area contributed by atoms with Gasteiger partial charge in [0.25, 0.3) is 8.32 Å². The van der Waals surface area contributed by atoms with Crippen LogP contribution in [-0.4, -0.2) is 36.4 Å². The smallest absolute Gasteiger partial charge is 0.303 e. The summed E-state index contributed by atoms with van der Waals surface area (Å²) in [6, 6.07) is 32.1. The predicted octanol–water partition coefficient (Wildman–Crippen LogP) is 8.07. The molecule has 5 nitrogen and oxygen atoms in total. The second-order valence-electron chi connectivity index (χ2n) is 13.5. The number of ketones is 1. The summed E-state index contributed by atoms with van der Waals surface area (Å²) in [6.45, 7) is 6.87. The highest BCUT2D eigenvalue weighted by molar-refractivity contribution is 7.19. The number of carboxylic acids is 1. The maximum atomic E-state index is 13.1. The van der Waals surface area contributed by atoms with Crippen LogP contribution >= 0.6 is 11.3 Å². The molecule has 4 aromatic rings. The summed E-state index contributed by atoms with van der Waals surface area (Å²) >= 11 is 1.77. The molecule has 0 amide bonds. The van der Waals surface area contributed by atoms with Crippen molar-refractivity contribution in [1.29, 1.82) is 0 Å². The maximum Gasteiger partial charge on any atom is 0.303 e. The van der Waals surface area contributed by atoms with E-state index in [9.17, 15) is 14.7 Å². The Morgan fingerprint density at radius 2 is 1.61 bits per heavy atom. The van der Waals surface area contributed by atoms with Gasteiger partial charge in [-0.05, 0) is 71.0 Å². The second kappa shape index (κ2) is 15.0. The molecule has 1 aliphatic carbocycles. The van der Waals surface area contributed by atoms with E-state index in [1.807, 2.05) is 12.2 Å². The van der Waals surface area contributed by atoms with Crippen LogP contribution in [0, 0.1) is 11.8 Å². The Kier molecular flexibility index (Phi) is 11.1. The number of carboxylic acid groups (broad SMARTS) is 1. The van der Waals surface area contributed by atoms with Crippen LogP contribution < -0.4 is 10.4 Å². The number of hydrogen-bond acceptors (Lipinski definition) is 5. The Balaban J connectivity index is 1.49. The van der Waals surface area contributed by atoms with Gasteiger partial charge >= 0.3 is 5.97 Å². The zero-order valence-corrected chi connectivity index (χ0v) is 28.9. The molecule has 1 aromatic heterocycles. The molecule has 7 heteroatoms. The lowest BCUT2D eigenvalue weighted by atomic mass is 9.86. The van der Waals surface area contributed by atoms with Crippen LogP contribution in [0.2, 0.25) is 5.04 Å². The molecule has 1 saturated carbocycles. The largest absolute Gasteiger partial charge is 0.481 e. The average Bonchev–Trinajstić information content (AvgIpc) is 3.58. The molecular formula is C39H46O5SSi. The zero-order chi connectivity index (χ0) is 32.7. The lowest BCUT2D eigenvalue weighted by Crippen LogP contribution is -2.66. The fraction of sp³-hybridized carbons (Fsp3) is 0.385. The molecule has 46 heavy (non-hydrogen) atoms. The van der Waals surface area contributed by atoms with Gasteiger partial charge in [0.1, 0.15) is 5.78 Å². The van der Waals surface area contributed by atoms with Crippen LogP contribution in [0.4, 0.5) is 0 Å². The number of fused-ring (bicyclic) bond motifs is 1. The third-order valence-corrected chi connectivity index (χ3v) is 15.7. The summed E-state index contributed by atoms with van der Waals surface area (Å²) in [5, 5.41) is 23.5. The summed E-state index contributed by atoms with van der Waals surface area (Å²) in [5.41, 5.74) is 0. The van der Waals surface area contributed by atoms with E-state index in [-0.39, 0.29) is 41.6 Å². The Labute approximate surface area is 278 Å². The van der Waals surface area contributed by atoms with E-state index in [1.54, 1.807) is 11.3 Å². The van der Waals surface area contributed by atoms with Gasteiger partial charge in [-0.15, -0.1) is 11.3 Å². The van der Waals surface area contributed by atoms with Gasteiger partial charge in [-0.3, -0.25) is 9.59 Å². The van der Waals surface area contributed by atoms with Crippen LogP contribution in [-0.2, 0) is 14.0 Å². The minimum atomic E-state index is -2.89. The molecule has 242 valence electrons. The summed E-state index contributed by atoms with van der Waals surface area (Å²) in [7, 11) is -2.89. The molecule has 0 aliphatic heterocycles. The van der Waals surface area contributed by atoms with E-state index in [1.165, 1.54) is 25.3 Å². The lowest BCUT2D eigenvalue weighted by molar-refractivity contribution is -0.137. The second-order valence-corrected chi connectivity index (χ2v) is 18.9. The molecule has 1 fully saturated rings. The Morgan fingerprint density at radius 3 is 2.22 bits per heavy atom. The summed E-state index contributed by atoms with van der Waals surface area (Å²) in [5.74, 6) is -1.09. The fourth-order valence-electron chi connectivity index (χ4n) is 7.12. The summed E-state index contributed by atoms with van der Waals surface area (Å²) < 4.78 is 8.93. The lowest BCUT2D eigenvalue weighted by Gasteiger charge is -2.45. The Hall–Kier alpha value is -3.36. The number of thiophene rings is 1. The van der Waals surface area contributed by atoms with E-state index in [0.29, 0.717) is 32.1 Å². The Morgan fingerprint density at radius 1 is 0.978 bits per heavy atom. The minimum Gasteiger partial charge on any atom is -0.481 e. The molecular weight excluding hydrogens is 609 g/mol. The minimum absolute atomic E-state index is 0.110. The average molecular weight is 655 g/mol. The highest BCUT2D eigenvalue weighted by Gasteiger charge is 2.52. The number of aliphatic hydroxyl groups is 1. The quantitative estimate of drug-likeness (QED) is 0.0817. The topological polar surface area (TPSA) is 83.8 Å².